The molecule has 0 N–H and O–H groups in total. The fourth-order valence-corrected chi connectivity index (χ4v) is 7.12. The summed E-state index contributed by atoms with van der Waals surface area (Å²) < 4.78 is 46.5. The van der Waals surface area contributed by atoms with Crippen LogP contribution in [0.3, 0.4) is 0 Å². The lowest BCUT2D eigenvalue weighted by Gasteiger charge is -2.59. The first-order chi connectivity index (χ1) is 14.8. The monoisotopic (exact) mass is 418 g/mol. The topological polar surface area (TPSA) is 30.9 Å². The SMILES string of the molecule is [2H]c1cc(OC)c2c3c1C[C@@H]1[C@@H]4C([2H])C([2H])[C@H](O[Si](C)(C)C(C)(C)C)[C@H](O2)[C@]34CCN1C. The highest BCUT2D eigenvalue weighted by molar-refractivity contribution is 6.74. The van der Waals surface area contributed by atoms with Crippen molar-refractivity contribution in [1.29, 1.82) is 0 Å². The number of hydrogen-bond acceptors (Lipinski definition) is 4. The van der Waals surface area contributed by atoms with Gasteiger partial charge in [-0.3, -0.25) is 0 Å². The number of rotatable bonds is 3. The van der Waals surface area contributed by atoms with Crippen LogP contribution in [-0.4, -0.2) is 52.2 Å². The van der Waals surface area contributed by atoms with E-state index in [1.165, 1.54) is 0 Å². The van der Waals surface area contributed by atoms with Gasteiger partial charge in [-0.05, 0) is 74.9 Å². The minimum Gasteiger partial charge on any atom is -0.493 e. The Morgan fingerprint density at radius 2 is 2.10 bits per heavy atom. The third kappa shape index (κ3) is 2.56. The van der Waals surface area contributed by atoms with Crippen molar-refractivity contribution in [3.8, 4) is 11.5 Å². The Labute approximate surface area is 181 Å². The fourth-order valence-electron chi connectivity index (χ4n) is 5.88. The van der Waals surface area contributed by atoms with Crippen LogP contribution in [0.15, 0.2) is 12.1 Å². The minimum absolute atomic E-state index is 0.00327. The summed E-state index contributed by atoms with van der Waals surface area (Å²) in [6.45, 7) is 12.0. The Balaban J connectivity index is 1.72. The van der Waals surface area contributed by atoms with Gasteiger partial charge in [-0.25, -0.2) is 0 Å². The molecule has 4 nitrogen and oxygen atoms in total. The van der Waals surface area contributed by atoms with Crippen molar-refractivity contribution in [2.45, 2.75) is 88.2 Å². The number of ether oxygens (including phenoxy) is 2. The number of likely N-dealkylation sites (N-methyl/N-ethyl adjacent to an activating group) is 1. The summed E-state index contributed by atoms with van der Waals surface area (Å²) in [6.07, 6.45) is -0.403. The van der Waals surface area contributed by atoms with E-state index in [2.05, 4.69) is 45.8 Å². The molecule has 2 unspecified atom stereocenters. The Bertz CT molecular complexity index is 951. The van der Waals surface area contributed by atoms with Crippen LogP contribution in [0.4, 0.5) is 0 Å². The van der Waals surface area contributed by atoms with E-state index in [1.807, 2.05) is 0 Å². The molecule has 0 amide bonds. The average molecular weight is 419 g/mol. The normalized spacial score (nSPS) is 42.4. The molecule has 29 heavy (non-hydrogen) atoms. The molecule has 1 aromatic carbocycles. The second kappa shape index (κ2) is 6.24. The molecule has 160 valence electrons. The molecular formula is C24H37NO3Si. The zero-order chi connectivity index (χ0) is 23.4. The zero-order valence-electron chi connectivity index (χ0n) is 21.8. The lowest BCUT2D eigenvalue weighted by atomic mass is 9.51. The molecule has 1 saturated heterocycles. The van der Waals surface area contributed by atoms with E-state index in [0.29, 0.717) is 11.8 Å². The van der Waals surface area contributed by atoms with Crippen molar-refractivity contribution >= 4 is 8.32 Å². The number of piperidine rings is 1. The van der Waals surface area contributed by atoms with E-state index >= 15 is 0 Å². The largest absolute Gasteiger partial charge is 0.493 e. The van der Waals surface area contributed by atoms with Gasteiger partial charge in [0.05, 0.1) is 14.6 Å². The lowest BCUT2D eigenvalue weighted by molar-refractivity contribution is -0.0948. The predicted molar refractivity (Wildman–Crippen MR) is 119 cm³/mol. The summed E-state index contributed by atoms with van der Waals surface area (Å²) in [6, 6.07) is 2.42. The molecule has 2 aliphatic heterocycles. The van der Waals surface area contributed by atoms with Crippen LogP contribution >= 0.6 is 0 Å². The van der Waals surface area contributed by atoms with Crippen LogP contribution in [0.25, 0.3) is 0 Å². The van der Waals surface area contributed by atoms with Gasteiger partial charge in [0, 0.05) is 19.8 Å². The number of methoxy groups -OCH3 is 1. The molecule has 0 aromatic heterocycles. The number of hydrogen-bond donors (Lipinski definition) is 0. The van der Waals surface area contributed by atoms with Crippen molar-refractivity contribution in [1.82, 2.24) is 4.90 Å². The van der Waals surface area contributed by atoms with E-state index in [0.717, 1.165) is 36.3 Å². The quantitative estimate of drug-likeness (QED) is 0.663. The highest BCUT2D eigenvalue weighted by Crippen LogP contribution is 2.64. The van der Waals surface area contributed by atoms with Gasteiger partial charge >= 0.3 is 0 Å². The molecule has 0 radical (unpaired) electrons. The smallest absolute Gasteiger partial charge is 0.192 e. The molecule has 2 heterocycles. The van der Waals surface area contributed by atoms with E-state index in [9.17, 15) is 1.37 Å². The van der Waals surface area contributed by atoms with E-state index < -0.39 is 27.2 Å². The van der Waals surface area contributed by atoms with Crippen LogP contribution < -0.4 is 9.47 Å². The van der Waals surface area contributed by atoms with E-state index in [4.69, 9.17) is 16.6 Å². The molecule has 1 saturated carbocycles. The molecule has 5 heteroatoms. The average Bonchev–Trinajstić information content (AvgIpc) is 3.04. The maximum absolute atomic E-state index is 9.27. The van der Waals surface area contributed by atoms with Gasteiger partial charge in [0.15, 0.2) is 19.8 Å². The second-order valence-electron chi connectivity index (χ2n) is 10.9. The summed E-state index contributed by atoms with van der Waals surface area (Å²) in [7, 11) is 1.56. The van der Waals surface area contributed by atoms with Gasteiger partial charge in [-0.2, -0.15) is 0 Å². The molecule has 2 bridgehead atoms. The summed E-state index contributed by atoms with van der Waals surface area (Å²) in [5, 5.41) is 0.00327. The maximum Gasteiger partial charge on any atom is 0.192 e. The van der Waals surface area contributed by atoms with Crippen LogP contribution in [0, 0.1) is 5.92 Å². The third-order valence-corrected chi connectivity index (χ3v) is 13.0. The molecule has 7 atom stereocenters. The molecule has 5 rings (SSSR count). The fraction of sp³-hybridized carbons (Fsp3) is 0.750. The van der Waals surface area contributed by atoms with Crippen molar-refractivity contribution in [3.63, 3.8) is 0 Å². The lowest BCUT2D eigenvalue weighted by Crippen LogP contribution is -2.67. The van der Waals surface area contributed by atoms with Gasteiger partial charge in [0.1, 0.15) is 6.10 Å². The summed E-state index contributed by atoms with van der Waals surface area (Å²) in [5.74, 6) is 1.33. The van der Waals surface area contributed by atoms with Crippen LogP contribution in [0.1, 0.15) is 55.2 Å². The maximum atomic E-state index is 9.27. The minimum atomic E-state index is -2.20. The Kier molecular flexibility index (Phi) is 3.58. The Hall–Kier alpha value is -1.04. The standard InChI is InChI=1S/C24H37NO3Si/c1-23(2,3)29(6,7)28-19-11-9-16-17-14-15-8-10-18(26-5)21-20(15)24(16,22(19)27-21)12-13-25(17)4/h8,10,16-17,19,22H,9,11-14H2,1-7H3/t16-,17+,19-,22-,24-/m0/s1/i8D,9D,11D/t9?,11?,16-,17+,19-,22-,24-. The van der Waals surface area contributed by atoms with Crippen LogP contribution in [0.2, 0.25) is 18.1 Å². The molecule has 1 spiro atoms. The van der Waals surface area contributed by atoms with Gasteiger partial charge in [-0.1, -0.05) is 26.8 Å². The predicted octanol–water partition coefficient (Wildman–Crippen LogP) is 4.75. The third-order valence-electron chi connectivity index (χ3n) is 8.48. The van der Waals surface area contributed by atoms with Gasteiger partial charge in [0.25, 0.3) is 0 Å². The van der Waals surface area contributed by atoms with Crippen LogP contribution in [0.5, 0.6) is 11.5 Å². The van der Waals surface area contributed by atoms with E-state index in [1.54, 1.807) is 13.2 Å². The summed E-state index contributed by atoms with van der Waals surface area (Å²) in [5.41, 5.74) is 1.74. The van der Waals surface area contributed by atoms with Crippen molar-refractivity contribution in [2.24, 2.45) is 5.92 Å². The summed E-state index contributed by atoms with van der Waals surface area (Å²) in [4.78, 5) is 2.35. The molecular weight excluding hydrogens is 378 g/mol. The van der Waals surface area contributed by atoms with Crippen molar-refractivity contribution in [2.75, 3.05) is 20.7 Å². The highest BCUT2D eigenvalue weighted by Gasteiger charge is 2.66. The number of likely N-dealkylation sites (tertiary alicyclic amines) is 1. The molecule has 2 aliphatic carbocycles. The molecule has 2 fully saturated rings. The van der Waals surface area contributed by atoms with Crippen LogP contribution in [-0.2, 0) is 16.3 Å². The van der Waals surface area contributed by atoms with E-state index in [-0.39, 0.29) is 28.5 Å². The first-order valence-corrected chi connectivity index (χ1v) is 13.9. The first kappa shape index (κ1) is 16.6. The van der Waals surface area contributed by atoms with Gasteiger partial charge in [0.2, 0.25) is 0 Å². The Morgan fingerprint density at radius 3 is 2.79 bits per heavy atom. The first-order valence-electron chi connectivity index (χ1n) is 12.6. The van der Waals surface area contributed by atoms with Crippen molar-refractivity contribution < 1.29 is 18.0 Å². The number of nitrogens with zero attached hydrogens (tertiary/aromatic N) is 1. The van der Waals surface area contributed by atoms with Crippen molar-refractivity contribution in [3.05, 3.63) is 23.2 Å². The highest BCUT2D eigenvalue weighted by atomic mass is 28.4. The van der Waals surface area contributed by atoms with Gasteiger partial charge in [-0.15, -0.1) is 0 Å². The molecule has 4 aliphatic rings. The van der Waals surface area contributed by atoms with Gasteiger partial charge < -0.3 is 18.8 Å². The zero-order valence-corrected chi connectivity index (χ0v) is 19.8. The second-order valence-corrected chi connectivity index (χ2v) is 15.6. The molecule has 1 aromatic rings. The summed E-state index contributed by atoms with van der Waals surface area (Å²) >= 11 is 0. The Morgan fingerprint density at radius 1 is 1.34 bits per heavy atom. The number of benzene rings is 1.